The number of benzene rings is 2. The number of ether oxygens (including phenoxy) is 1. The van der Waals surface area contributed by atoms with Crippen LogP contribution in [-0.2, 0) is 11.0 Å². The molecule has 0 aliphatic carbocycles. The molecule has 2 amide bonds. The van der Waals surface area contributed by atoms with E-state index in [1.54, 1.807) is 6.92 Å². The SMILES string of the molecule is CCNC(=O)COc1ccc(NC(=O)c2ccccc2C(F)(F)F)cc1. The summed E-state index contributed by atoms with van der Waals surface area (Å²) >= 11 is 0. The maximum absolute atomic E-state index is 13.0. The lowest BCUT2D eigenvalue weighted by Crippen LogP contribution is -2.28. The van der Waals surface area contributed by atoms with Gasteiger partial charge in [0.2, 0.25) is 0 Å². The van der Waals surface area contributed by atoms with Crippen LogP contribution in [0.2, 0.25) is 0 Å². The van der Waals surface area contributed by atoms with Gasteiger partial charge in [0.05, 0.1) is 11.1 Å². The average Bonchev–Trinajstić information content (AvgIpc) is 2.60. The summed E-state index contributed by atoms with van der Waals surface area (Å²) in [5.41, 5.74) is -1.16. The number of alkyl halides is 3. The summed E-state index contributed by atoms with van der Waals surface area (Å²) in [5.74, 6) is -0.743. The Balaban J connectivity index is 2.03. The molecule has 0 bridgehead atoms. The third kappa shape index (κ3) is 5.23. The Morgan fingerprint density at radius 2 is 1.69 bits per heavy atom. The van der Waals surface area contributed by atoms with Gasteiger partial charge in [-0.05, 0) is 43.3 Å². The molecule has 0 saturated carbocycles. The van der Waals surface area contributed by atoms with E-state index in [1.807, 2.05) is 0 Å². The Bertz CT molecular complexity index is 774. The van der Waals surface area contributed by atoms with E-state index in [0.29, 0.717) is 18.0 Å². The molecule has 0 aliphatic rings. The van der Waals surface area contributed by atoms with Crippen LogP contribution in [-0.4, -0.2) is 25.0 Å². The first-order chi connectivity index (χ1) is 12.3. The van der Waals surface area contributed by atoms with E-state index in [9.17, 15) is 22.8 Å². The number of carbonyl (C=O) groups is 2. The van der Waals surface area contributed by atoms with Crippen LogP contribution in [0.1, 0.15) is 22.8 Å². The van der Waals surface area contributed by atoms with Gasteiger partial charge in [0.15, 0.2) is 6.61 Å². The normalized spacial score (nSPS) is 10.9. The van der Waals surface area contributed by atoms with Gasteiger partial charge in [-0.25, -0.2) is 0 Å². The maximum atomic E-state index is 13.0. The van der Waals surface area contributed by atoms with Gasteiger partial charge in [-0.1, -0.05) is 12.1 Å². The molecule has 0 spiro atoms. The summed E-state index contributed by atoms with van der Waals surface area (Å²) in [5, 5.41) is 4.99. The second kappa shape index (κ2) is 8.37. The molecular weight excluding hydrogens is 349 g/mol. The summed E-state index contributed by atoms with van der Waals surface area (Å²) in [6, 6.07) is 10.5. The third-order valence-electron chi connectivity index (χ3n) is 3.33. The molecule has 2 aromatic carbocycles. The van der Waals surface area contributed by atoms with Crippen molar-refractivity contribution in [2.45, 2.75) is 13.1 Å². The largest absolute Gasteiger partial charge is 0.484 e. The molecule has 8 heteroatoms. The molecule has 0 saturated heterocycles. The predicted molar refractivity (Wildman–Crippen MR) is 90.0 cm³/mol. The Labute approximate surface area is 148 Å². The highest BCUT2D eigenvalue weighted by molar-refractivity contribution is 6.05. The molecule has 0 fully saturated rings. The average molecular weight is 366 g/mol. The van der Waals surface area contributed by atoms with Gasteiger partial charge in [-0.2, -0.15) is 13.2 Å². The lowest BCUT2D eigenvalue weighted by Gasteiger charge is -2.13. The van der Waals surface area contributed by atoms with Gasteiger partial charge in [0.1, 0.15) is 5.75 Å². The zero-order valence-corrected chi connectivity index (χ0v) is 13.9. The van der Waals surface area contributed by atoms with E-state index in [2.05, 4.69) is 10.6 Å². The fraction of sp³-hybridized carbons (Fsp3) is 0.222. The molecule has 2 aromatic rings. The van der Waals surface area contributed by atoms with Crippen LogP contribution in [0.25, 0.3) is 0 Å². The number of likely N-dealkylation sites (N-methyl/N-ethyl adjacent to an activating group) is 1. The van der Waals surface area contributed by atoms with Crippen LogP contribution in [0.4, 0.5) is 18.9 Å². The van der Waals surface area contributed by atoms with Crippen molar-refractivity contribution in [3.8, 4) is 5.75 Å². The van der Waals surface area contributed by atoms with Crippen molar-refractivity contribution in [3.05, 3.63) is 59.7 Å². The molecule has 0 aromatic heterocycles. The second-order valence-corrected chi connectivity index (χ2v) is 5.26. The van der Waals surface area contributed by atoms with Crippen molar-refractivity contribution < 1.29 is 27.5 Å². The molecule has 138 valence electrons. The Morgan fingerprint density at radius 3 is 2.31 bits per heavy atom. The third-order valence-corrected chi connectivity index (χ3v) is 3.33. The molecule has 5 nitrogen and oxygen atoms in total. The lowest BCUT2D eigenvalue weighted by molar-refractivity contribution is -0.137. The predicted octanol–water partition coefficient (Wildman–Crippen LogP) is 3.47. The van der Waals surface area contributed by atoms with E-state index < -0.39 is 23.2 Å². The van der Waals surface area contributed by atoms with Crippen LogP contribution < -0.4 is 15.4 Å². The van der Waals surface area contributed by atoms with Crippen molar-refractivity contribution in [3.63, 3.8) is 0 Å². The lowest BCUT2D eigenvalue weighted by atomic mass is 10.1. The smallest absolute Gasteiger partial charge is 0.417 e. The van der Waals surface area contributed by atoms with Gasteiger partial charge >= 0.3 is 6.18 Å². The first-order valence-corrected chi connectivity index (χ1v) is 7.78. The van der Waals surface area contributed by atoms with Crippen LogP contribution in [0.3, 0.4) is 0 Å². The number of hydrogen-bond donors (Lipinski definition) is 2. The molecule has 2 N–H and O–H groups in total. The van der Waals surface area contributed by atoms with Crippen LogP contribution in [0, 0.1) is 0 Å². The van der Waals surface area contributed by atoms with E-state index in [1.165, 1.54) is 36.4 Å². The van der Waals surface area contributed by atoms with E-state index in [-0.39, 0.29) is 12.5 Å². The molecule has 0 radical (unpaired) electrons. The summed E-state index contributed by atoms with van der Waals surface area (Å²) in [4.78, 5) is 23.5. The highest BCUT2D eigenvalue weighted by Crippen LogP contribution is 2.32. The van der Waals surface area contributed by atoms with Crippen molar-refractivity contribution in [2.75, 3.05) is 18.5 Å². The molecule has 26 heavy (non-hydrogen) atoms. The summed E-state index contributed by atoms with van der Waals surface area (Å²) in [7, 11) is 0. The van der Waals surface area contributed by atoms with Crippen LogP contribution in [0.15, 0.2) is 48.5 Å². The maximum Gasteiger partial charge on any atom is 0.417 e. The van der Waals surface area contributed by atoms with Crippen molar-refractivity contribution >= 4 is 17.5 Å². The monoisotopic (exact) mass is 366 g/mol. The number of anilines is 1. The second-order valence-electron chi connectivity index (χ2n) is 5.26. The fourth-order valence-electron chi connectivity index (χ4n) is 2.16. The number of amides is 2. The highest BCUT2D eigenvalue weighted by atomic mass is 19.4. The first kappa shape index (κ1) is 19.3. The van der Waals surface area contributed by atoms with Gasteiger partial charge in [0.25, 0.3) is 11.8 Å². The molecule has 0 aliphatic heterocycles. The number of carbonyl (C=O) groups excluding carboxylic acids is 2. The number of halogens is 3. The van der Waals surface area contributed by atoms with E-state index in [0.717, 1.165) is 12.1 Å². The van der Waals surface area contributed by atoms with E-state index in [4.69, 9.17) is 4.74 Å². The summed E-state index contributed by atoms with van der Waals surface area (Å²) in [6.07, 6.45) is -4.62. The van der Waals surface area contributed by atoms with Gasteiger partial charge in [0, 0.05) is 12.2 Å². The first-order valence-electron chi connectivity index (χ1n) is 7.78. The molecule has 0 atom stereocenters. The summed E-state index contributed by atoms with van der Waals surface area (Å²) in [6.45, 7) is 2.12. The minimum absolute atomic E-state index is 0.154. The number of rotatable bonds is 6. The topological polar surface area (TPSA) is 67.4 Å². The van der Waals surface area contributed by atoms with Crippen molar-refractivity contribution in [1.82, 2.24) is 5.32 Å². The van der Waals surface area contributed by atoms with Gasteiger partial charge in [-0.15, -0.1) is 0 Å². The Kier molecular flexibility index (Phi) is 6.21. The van der Waals surface area contributed by atoms with Crippen molar-refractivity contribution in [2.24, 2.45) is 0 Å². The number of nitrogens with one attached hydrogen (secondary N) is 2. The highest BCUT2D eigenvalue weighted by Gasteiger charge is 2.34. The van der Waals surface area contributed by atoms with Gasteiger partial charge < -0.3 is 15.4 Å². The van der Waals surface area contributed by atoms with Crippen LogP contribution in [0.5, 0.6) is 5.75 Å². The van der Waals surface area contributed by atoms with E-state index >= 15 is 0 Å². The quantitative estimate of drug-likeness (QED) is 0.823. The zero-order valence-electron chi connectivity index (χ0n) is 13.9. The Hall–Kier alpha value is -3.03. The summed E-state index contributed by atoms with van der Waals surface area (Å²) < 4.78 is 44.2. The zero-order chi connectivity index (χ0) is 19.2. The minimum Gasteiger partial charge on any atom is -0.484 e. The molecule has 0 heterocycles. The molecule has 2 rings (SSSR count). The number of hydrogen-bond acceptors (Lipinski definition) is 3. The van der Waals surface area contributed by atoms with Crippen LogP contribution >= 0.6 is 0 Å². The van der Waals surface area contributed by atoms with Crippen molar-refractivity contribution in [1.29, 1.82) is 0 Å². The fourth-order valence-corrected chi connectivity index (χ4v) is 2.16. The molecule has 0 unspecified atom stereocenters. The molecular formula is C18H17F3N2O3. The standard InChI is InChI=1S/C18H17F3N2O3/c1-2-22-16(24)11-26-13-9-7-12(8-10-13)23-17(25)14-5-3-4-6-15(14)18(19,20)21/h3-10H,2,11H2,1H3,(H,22,24)(H,23,25). The Morgan fingerprint density at radius 1 is 1.04 bits per heavy atom. The minimum atomic E-state index is -4.62. The van der Waals surface area contributed by atoms with Gasteiger partial charge in [-0.3, -0.25) is 9.59 Å².